The molecule has 0 saturated heterocycles. The highest BCUT2D eigenvalue weighted by Gasteiger charge is 1.72. The molecule has 0 aliphatic rings. The van der Waals surface area contributed by atoms with E-state index in [1.54, 1.807) is 0 Å². The molecule has 0 amide bonds. The van der Waals surface area contributed by atoms with Crippen LogP contribution in [-0.4, -0.2) is 0 Å². The van der Waals surface area contributed by atoms with E-state index < -0.39 is 0 Å². The van der Waals surface area contributed by atoms with Crippen LogP contribution in [0.25, 0.3) is 0 Å². The average Bonchev–Trinajstić information content (AvgIpc) is 1.69. The molecule has 68 valence electrons. The maximum absolute atomic E-state index is 5.36. The van der Waals surface area contributed by atoms with Gasteiger partial charge in [0, 0.05) is 5.69 Å². The van der Waals surface area contributed by atoms with E-state index in [1.807, 2.05) is 30.3 Å². The van der Waals surface area contributed by atoms with Crippen LogP contribution in [0, 0.1) is 0 Å². The number of halogens is 2. The minimum absolute atomic E-state index is 0. The summed E-state index contributed by atoms with van der Waals surface area (Å²) >= 11 is 0. The van der Waals surface area contributed by atoms with Crippen molar-refractivity contribution in [3.63, 3.8) is 0 Å². The first-order valence-corrected chi connectivity index (χ1v) is 2.20. The third-order valence-corrected chi connectivity index (χ3v) is 0.800. The number of para-hydroxylation sites is 1. The second-order valence-electron chi connectivity index (χ2n) is 1.41. The van der Waals surface area contributed by atoms with Crippen LogP contribution in [0.3, 0.4) is 0 Å². The van der Waals surface area contributed by atoms with Crippen molar-refractivity contribution in [3.8, 4) is 0 Å². The van der Waals surface area contributed by atoms with Gasteiger partial charge in [0.15, 0.2) is 0 Å². The van der Waals surface area contributed by atoms with E-state index in [-0.39, 0.29) is 37.1 Å². The Hall–Kier alpha value is -0.480. The van der Waals surface area contributed by atoms with Crippen molar-refractivity contribution in [2.24, 2.45) is 0 Å². The zero-order valence-corrected chi connectivity index (χ0v) is 7.83. The van der Waals surface area contributed by atoms with Crippen molar-refractivity contribution in [1.29, 1.82) is 0 Å². The summed E-state index contributed by atoms with van der Waals surface area (Å²) in [5.41, 5.74) is 6.18. The number of nitrogens with two attached hydrogens (primary N) is 1. The van der Waals surface area contributed by atoms with Crippen LogP contribution in [0.1, 0.15) is 0 Å². The molecule has 0 aromatic heterocycles. The minimum atomic E-state index is 0. The number of hydrogen-bond donors (Lipinski definition) is 3. The highest BCUT2D eigenvalue weighted by atomic mass is 35.5. The van der Waals surface area contributed by atoms with Crippen molar-refractivity contribution in [3.05, 3.63) is 30.3 Å². The molecule has 0 heterocycles. The van der Waals surface area contributed by atoms with Crippen molar-refractivity contribution in [2.45, 2.75) is 0 Å². The van der Waals surface area contributed by atoms with Crippen molar-refractivity contribution < 1.29 is 0 Å². The second-order valence-corrected chi connectivity index (χ2v) is 1.41. The van der Waals surface area contributed by atoms with Crippen molar-refractivity contribution in [2.75, 3.05) is 5.73 Å². The predicted octanol–water partition coefficient (Wildman–Crippen LogP) is 2.44. The lowest BCUT2D eigenvalue weighted by Crippen LogP contribution is -1.79. The Kier molecular flexibility index (Phi) is 24.9. The van der Waals surface area contributed by atoms with Gasteiger partial charge in [0.2, 0.25) is 0 Å². The fraction of sp³-hybridized carbons (Fsp3) is 0. The Labute approximate surface area is 79.3 Å². The first-order valence-electron chi connectivity index (χ1n) is 2.20. The van der Waals surface area contributed by atoms with E-state index in [2.05, 4.69) is 0 Å². The van der Waals surface area contributed by atoms with E-state index in [9.17, 15) is 0 Å². The number of rotatable bonds is 0. The van der Waals surface area contributed by atoms with Crippen molar-refractivity contribution in [1.82, 2.24) is 12.3 Å². The van der Waals surface area contributed by atoms with Crippen LogP contribution in [0.4, 0.5) is 5.69 Å². The largest absolute Gasteiger partial charge is 0.399 e. The molecule has 1 aromatic carbocycles. The monoisotopic (exact) mass is 199 g/mol. The highest BCUT2D eigenvalue weighted by molar-refractivity contribution is 5.85. The summed E-state index contributed by atoms with van der Waals surface area (Å²) in [7, 11) is 0. The fourth-order valence-corrected chi connectivity index (χ4v) is 0.453. The van der Waals surface area contributed by atoms with Gasteiger partial charge < -0.3 is 18.0 Å². The molecule has 1 aromatic rings. The molecule has 0 radical (unpaired) electrons. The zero-order chi connectivity index (χ0) is 5.11. The van der Waals surface area contributed by atoms with E-state index >= 15 is 0 Å². The summed E-state index contributed by atoms with van der Waals surface area (Å²) in [6.45, 7) is 0. The summed E-state index contributed by atoms with van der Waals surface area (Å²) in [6.07, 6.45) is 0. The number of anilines is 1. The molecule has 5 heteroatoms. The maximum Gasteiger partial charge on any atom is 0.0313 e. The zero-order valence-electron chi connectivity index (χ0n) is 6.19. The summed E-state index contributed by atoms with van der Waals surface area (Å²) in [4.78, 5) is 0. The molecule has 0 bridgehead atoms. The van der Waals surface area contributed by atoms with Crippen LogP contribution in [0.15, 0.2) is 30.3 Å². The number of benzene rings is 1. The van der Waals surface area contributed by atoms with Crippen LogP contribution >= 0.6 is 24.8 Å². The van der Waals surface area contributed by atoms with Gasteiger partial charge in [-0.1, -0.05) is 18.2 Å². The Morgan fingerprint density at radius 1 is 0.818 bits per heavy atom. The quantitative estimate of drug-likeness (QED) is 0.561. The molecule has 0 aliphatic carbocycles. The van der Waals surface area contributed by atoms with Gasteiger partial charge in [0.1, 0.15) is 0 Å². The lowest BCUT2D eigenvalue weighted by atomic mass is 10.3. The predicted molar refractivity (Wildman–Crippen MR) is 55.4 cm³/mol. The summed E-state index contributed by atoms with van der Waals surface area (Å²) in [5.74, 6) is 0. The summed E-state index contributed by atoms with van der Waals surface area (Å²) in [5, 5.41) is 0. The topological polar surface area (TPSA) is 96.0 Å². The Balaban J connectivity index is -0.0000000612. The molecule has 0 aliphatic heterocycles. The van der Waals surface area contributed by atoms with E-state index in [0.29, 0.717) is 0 Å². The van der Waals surface area contributed by atoms with Crippen LogP contribution in [0.2, 0.25) is 0 Å². The third kappa shape index (κ3) is 9.52. The Morgan fingerprint density at radius 3 is 1.36 bits per heavy atom. The molecule has 0 atom stereocenters. The SMILES string of the molecule is Cl.Cl.N.N.Nc1ccccc1. The van der Waals surface area contributed by atoms with Crippen LogP contribution in [-0.2, 0) is 0 Å². The smallest absolute Gasteiger partial charge is 0.0313 e. The molecular weight excluding hydrogens is 185 g/mol. The van der Waals surface area contributed by atoms with E-state index in [0.717, 1.165) is 5.69 Å². The van der Waals surface area contributed by atoms with Gasteiger partial charge in [-0.25, -0.2) is 0 Å². The average molecular weight is 200 g/mol. The van der Waals surface area contributed by atoms with Crippen molar-refractivity contribution >= 4 is 30.5 Å². The lowest BCUT2D eigenvalue weighted by molar-refractivity contribution is 1.69. The second kappa shape index (κ2) is 12.2. The lowest BCUT2D eigenvalue weighted by Gasteiger charge is -1.83. The van der Waals surface area contributed by atoms with Gasteiger partial charge in [-0.3, -0.25) is 0 Å². The van der Waals surface area contributed by atoms with Gasteiger partial charge in [0.25, 0.3) is 0 Å². The highest BCUT2D eigenvalue weighted by Crippen LogP contribution is 1.95. The van der Waals surface area contributed by atoms with Gasteiger partial charge >= 0.3 is 0 Å². The molecule has 8 N–H and O–H groups in total. The molecule has 0 unspecified atom stereocenters. The van der Waals surface area contributed by atoms with Gasteiger partial charge in [-0.2, -0.15) is 0 Å². The van der Waals surface area contributed by atoms with Crippen LogP contribution < -0.4 is 18.0 Å². The summed E-state index contributed by atoms with van der Waals surface area (Å²) < 4.78 is 0. The minimum Gasteiger partial charge on any atom is -0.399 e. The number of hydrogen-bond acceptors (Lipinski definition) is 3. The third-order valence-electron chi connectivity index (χ3n) is 0.800. The van der Waals surface area contributed by atoms with E-state index in [1.165, 1.54) is 0 Å². The van der Waals surface area contributed by atoms with Gasteiger partial charge in [-0.15, -0.1) is 24.8 Å². The van der Waals surface area contributed by atoms with Gasteiger partial charge in [0.05, 0.1) is 0 Å². The maximum atomic E-state index is 5.36. The molecule has 11 heavy (non-hydrogen) atoms. The fourth-order valence-electron chi connectivity index (χ4n) is 0.453. The first kappa shape index (κ1) is 22.4. The standard InChI is InChI=1S/C6H7N.2ClH.2H3N/c7-6-4-2-1-3-5-6;;;;/h1-5H,7H2;2*1H;2*1H3. The van der Waals surface area contributed by atoms with E-state index in [4.69, 9.17) is 5.73 Å². The first-order chi connectivity index (χ1) is 3.39. The molecule has 0 saturated carbocycles. The van der Waals surface area contributed by atoms with Gasteiger partial charge in [-0.05, 0) is 12.1 Å². The Morgan fingerprint density at radius 2 is 1.18 bits per heavy atom. The molecular formula is C6H15Cl2N3. The van der Waals surface area contributed by atoms with Crippen LogP contribution in [0.5, 0.6) is 0 Å². The number of nitrogen functional groups attached to an aromatic ring is 1. The summed E-state index contributed by atoms with van der Waals surface area (Å²) in [6, 6.07) is 9.49. The molecule has 0 spiro atoms. The molecule has 3 nitrogen and oxygen atoms in total. The molecule has 0 fully saturated rings. The Bertz CT molecular complexity index is 146. The normalized spacial score (nSPS) is 5.45. The molecule has 1 rings (SSSR count).